The minimum absolute atomic E-state index is 0.115. The van der Waals surface area contributed by atoms with Crippen molar-refractivity contribution in [2.45, 2.75) is 25.2 Å². The number of rotatable bonds is 9. The molecule has 10 heteroatoms. The molecular weight excluding hydrogens is 365 g/mol. The summed E-state index contributed by atoms with van der Waals surface area (Å²) < 4.78 is 44.7. The second kappa shape index (κ2) is 9.84. The highest BCUT2D eigenvalue weighted by Crippen LogP contribution is 2.21. The Morgan fingerprint density at radius 1 is 1.31 bits per heavy atom. The van der Waals surface area contributed by atoms with Gasteiger partial charge >= 0.3 is 5.97 Å². The molecule has 1 aromatic rings. The molecule has 0 aliphatic heterocycles. The summed E-state index contributed by atoms with van der Waals surface area (Å²) in [5.41, 5.74) is -0.193. The number of nitriles is 1. The Balaban J connectivity index is 2.91. The third-order valence-corrected chi connectivity index (χ3v) is 5.45. The molecule has 8 nitrogen and oxygen atoms in total. The molecular formula is C16H20FN3O5S. The van der Waals surface area contributed by atoms with Gasteiger partial charge in [-0.25, -0.2) is 17.6 Å². The monoisotopic (exact) mass is 385 g/mol. The normalized spacial score (nSPS) is 11.0. The molecule has 0 radical (unpaired) electrons. The Hall–Kier alpha value is -2.51. The van der Waals surface area contributed by atoms with Crippen molar-refractivity contribution in [3.63, 3.8) is 0 Å². The van der Waals surface area contributed by atoms with Crippen LogP contribution in [-0.2, 0) is 19.6 Å². The maximum absolute atomic E-state index is 14.0. The topological polar surface area (TPSA) is 117 Å². The summed E-state index contributed by atoms with van der Waals surface area (Å²) >= 11 is 0. The summed E-state index contributed by atoms with van der Waals surface area (Å²) in [6.45, 7) is 3.05. The average molecular weight is 385 g/mol. The molecule has 26 heavy (non-hydrogen) atoms. The summed E-state index contributed by atoms with van der Waals surface area (Å²) in [6.07, 6.45) is 0.115. The fourth-order valence-electron chi connectivity index (χ4n) is 2.05. The molecule has 1 amide bonds. The molecule has 1 N–H and O–H groups in total. The number of benzene rings is 1. The van der Waals surface area contributed by atoms with Crippen LogP contribution in [0.25, 0.3) is 0 Å². The molecule has 0 saturated heterocycles. The number of sulfonamides is 1. The zero-order valence-corrected chi connectivity index (χ0v) is 15.3. The van der Waals surface area contributed by atoms with E-state index in [1.165, 1.54) is 0 Å². The molecule has 0 fully saturated rings. The number of carbonyl (C=O) groups excluding carboxylic acids is 2. The van der Waals surface area contributed by atoms with E-state index in [1.54, 1.807) is 13.8 Å². The summed E-state index contributed by atoms with van der Waals surface area (Å²) in [5.74, 6) is -2.55. The molecule has 0 aliphatic rings. The van der Waals surface area contributed by atoms with Crippen molar-refractivity contribution >= 4 is 21.9 Å². The number of hydrogen-bond donors (Lipinski definition) is 1. The molecule has 0 atom stereocenters. The smallest absolute Gasteiger partial charge is 0.338 e. The Morgan fingerprint density at radius 2 is 1.96 bits per heavy atom. The highest BCUT2D eigenvalue weighted by molar-refractivity contribution is 7.89. The van der Waals surface area contributed by atoms with Crippen LogP contribution in [-0.4, -0.2) is 50.8 Å². The van der Waals surface area contributed by atoms with Gasteiger partial charge in [-0.15, -0.1) is 0 Å². The van der Waals surface area contributed by atoms with Gasteiger partial charge in [0.2, 0.25) is 10.0 Å². The number of carbonyl (C=O) groups is 2. The quantitative estimate of drug-likeness (QED) is 0.501. The first kappa shape index (κ1) is 21.5. The number of nitrogens with zero attached hydrogens (tertiary/aromatic N) is 2. The van der Waals surface area contributed by atoms with Gasteiger partial charge < -0.3 is 10.1 Å². The third kappa shape index (κ3) is 5.50. The van der Waals surface area contributed by atoms with Gasteiger partial charge in [-0.3, -0.25) is 4.79 Å². The number of hydrogen-bond acceptors (Lipinski definition) is 6. The molecule has 1 rings (SSSR count). The Bertz CT molecular complexity index is 801. The van der Waals surface area contributed by atoms with E-state index >= 15 is 0 Å². The van der Waals surface area contributed by atoms with Crippen molar-refractivity contribution < 1.29 is 27.1 Å². The standard InChI is InChI=1S/C16H20FN3O5S/c1-3-20(4-2)26(23,24)14-10-12(6-7-13(14)17)16(22)25-11-15(21)19-9-5-8-18/h6-7,10H,3-5,9,11H2,1-2H3,(H,19,21). The van der Waals surface area contributed by atoms with Crippen molar-refractivity contribution in [3.8, 4) is 6.07 Å². The molecule has 0 heterocycles. The second-order valence-electron chi connectivity index (χ2n) is 5.07. The fraction of sp³-hybridized carbons (Fsp3) is 0.438. The van der Waals surface area contributed by atoms with Gasteiger partial charge in [-0.1, -0.05) is 13.8 Å². The molecule has 0 aromatic heterocycles. The molecule has 1 aromatic carbocycles. The van der Waals surface area contributed by atoms with Gasteiger partial charge in [-0.2, -0.15) is 9.57 Å². The number of ether oxygens (including phenoxy) is 1. The Labute approximate surface area is 151 Å². The van der Waals surface area contributed by atoms with Crippen LogP contribution >= 0.6 is 0 Å². The number of amides is 1. The highest BCUT2D eigenvalue weighted by atomic mass is 32.2. The van der Waals surface area contributed by atoms with Crippen LogP contribution in [0.4, 0.5) is 4.39 Å². The van der Waals surface area contributed by atoms with Crippen LogP contribution in [0, 0.1) is 17.1 Å². The predicted molar refractivity (Wildman–Crippen MR) is 90.0 cm³/mol. The SMILES string of the molecule is CCN(CC)S(=O)(=O)c1cc(C(=O)OCC(=O)NCCC#N)ccc1F. The van der Waals surface area contributed by atoms with Crippen LogP contribution in [0.3, 0.4) is 0 Å². The van der Waals surface area contributed by atoms with Gasteiger partial charge in [0, 0.05) is 19.6 Å². The van der Waals surface area contributed by atoms with E-state index in [0.29, 0.717) is 0 Å². The van der Waals surface area contributed by atoms with Gasteiger partial charge in [0.1, 0.15) is 10.7 Å². The van der Waals surface area contributed by atoms with E-state index in [9.17, 15) is 22.4 Å². The number of halogens is 1. The van der Waals surface area contributed by atoms with Gasteiger partial charge in [0.15, 0.2) is 6.61 Å². The van der Waals surface area contributed by atoms with Gasteiger partial charge in [0.05, 0.1) is 18.1 Å². The van der Waals surface area contributed by atoms with Crippen LogP contribution in [0.15, 0.2) is 23.1 Å². The molecule has 0 aliphatic carbocycles. The number of esters is 1. The van der Waals surface area contributed by atoms with Crippen molar-refractivity contribution in [2.24, 2.45) is 0 Å². The number of nitrogens with one attached hydrogen (secondary N) is 1. The first-order chi connectivity index (χ1) is 12.3. The largest absolute Gasteiger partial charge is 0.452 e. The zero-order valence-electron chi connectivity index (χ0n) is 14.5. The molecule has 0 unspecified atom stereocenters. The highest BCUT2D eigenvalue weighted by Gasteiger charge is 2.26. The zero-order chi connectivity index (χ0) is 19.7. The summed E-state index contributed by atoms with van der Waals surface area (Å²) in [4.78, 5) is 22.8. The van der Waals surface area contributed by atoms with E-state index in [1.807, 2.05) is 6.07 Å². The summed E-state index contributed by atoms with van der Waals surface area (Å²) in [7, 11) is -4.09. The van der Waals surface area contributed by atoms with Crippen molar-refractivity contribution in [1.82, 2.24) is 9.62 Å². The molecule has 0 bridgehead atoms. The molecule has 0 saturated carbocycles. The lowest BCUT2D eigenvalue weighted by atomic mass is 10.2. The minimum atomic E-state index is -4.09. The first-order valence-corrected chi connectivity index (χ1v) is 9.32. The maximum Gasteiger partial charge on any atom is 0.338 e. The van der Waals surface area contributed by atoms with Gasteiger partial charge in [0.25, 0.3) is 5.91 Å². The third-order valence-electron chi connectivity index (χ3n) is 3.38. The van der Waals surface area contributed by atoms with Crippen LogP contribution in [0.5, 0.6) is 0 Å². The fourth-order valence-corrected chi connectivity index (χ4v) is 3.60. The lowest BCUT2D eigenvalue weighted by Gasteiger charge is -2.19. The van der Waals surface area contributed by atoms with E-state index < -0.39 is 39.2 Å². The maximum atomic E-state index is 14.0. The molecule has 142 valence electrons. The lowest BCUT2D eigenvalue weighted by molar-refractivity contribution is -0.124. The summed E-state index contributed by atoms with van der Waals surface area (Å²) in [6, 6.07) is 4.66. The van der Waals surface area contributed by atoms with Gasteiger partial charge in [-0.05, 0) is 18.2 Å². The molecule has 0 spiro atoms. The van der Waals surface area contributed by atoms with Crippen LogP contribution in [0.2, 0.25) is 0 Å². The summed E-state index contributed by atoms with van der Waals surface area (Å²) in [5, 5.41) is 10.7. The van der Waals surface area contributed by atoms with Crippen LogP contribution in [0.1, 0.15) is 30.6 Å². The van der Waals surface area contributed by atoms with E-state index in [0.717, 1.165) is 22.5 Å². The Morgan fingerprint density at radius 3 is 2.54 bits per heavy atom. The minimum Gasteiger partial charge on any atom is -0.452 e. The van der Waals surface area contributed by atoms with Crippen LogP contribution < -0.4 is 5.32 Å². The Kier molecular flexibility index (Phi) is 8.15. The van der Waals surface area contributed by atoms with Crippen molar-refractivity contribution in [2.75, 3.05) is 26.2 Å². The van der Waals surface area contributed by atoms with E-state index in [2.05, 4.69) is 5.32 Å². The van der Waals surface area contributed by atoms with E-state index in [4.69, 9.17) is 10.00 Å². The lowest BCUT2D eigenvalue weighted by Crippen LogP contribution is -2.31. The second-order valence-corrected chi connectivity index (χ2v) is 6.98. The average Bonchev–Trinajstić information content (AvgIpc) is 2.61. The predicted octanol–water partition coefficient (Wildman–Crippen LogP) is 1.04. The first-order valence-electron chi connectivity index (χ1n) is 7.88. The van der Waals surface area contributed by atoms with E-state index in [-0.39, 0.29) is 31.6 Å². The van der Waals surface area contributed by atoms with Crippen molar-refractivity contribution in [1.29, 1.82) is 5.26 Å². The van der Waals surface area contributed by atoms with Crippen molar-refractivity contribution in [3.05, 3.63) is 29.6 Å².